The molecule has 0 spiro atoms. The SMILES string of the molecule is Cn1c(=O)sc2cc(S(=O)(=O)NC(=O)c3cn4cc(Cl)ccc4n3)ccc21. The summed E-state index contributed by atoms with van der Waals surface area (Å²) < 4.78 is 30.6. The number of thiazole rings is 1. The fourth-order valence-electron chi connectivity index (χ4n) is 2.59. The number of halogens is 1. The summed E-state index contributed by atoms with van der Waals surface area (Å²) in [7, 11) is -2.52. The van der Waals surface area contributed by atoms with Crippen LogP contribution >= 0.6 is 22.9 Å². The summed E-state index contributed by atoms with van der Waals surface area (Å²) >= 11 is 6.82. The van der Waals surface area contributed by atoms with Crippen LogP contribution in [-0.2, 0) is 17.1 Å². The molecule has 0 aliphatic heterocycles. The van der Waals surface area contributed by atoms with E-state index in [0.717, 1.165) is 11.3 Å². The molecule has 0 saturated carbocycles. The Kier molecular flexibility index (Phi) is 4.06. The largest absolute Gasteiger partial charge is 0.307 e. The fraction of sp³-hybridized carbons (Fsp3) is 0.0625. The minimum absolute atomic E-state index is 0.0636. The molecule has 1 amide bonds. The Balaban J connectivity index is 1.67. The van der Waals surface area contributed by atoms with Gasteiger partial charge in [0.15, 0.2) is 0 Å². The number of hydrogen-bond acceptors (Lipinski definition) is 6. The fourth-order valence-corrected chi connectivity index (χ4v) is 4.74. The van der Waals surface area contributed by atoms with Crippen LogP contribution in [0, 0.1) is 0 Å². The summed E-state index contributed by atoms with van der Waals surface area (Å²) in [5, 5.41) is 0.453. The second-order valence-electron chi connectivity index (χ2n) is 5.73. The molecule has 1 N–H and O–H groups in total. The van der Waals surface area contributed by atoms with Crippen LogP contribution in [0.3, 0.4) is 0 Å². The molecule has 1 aromatic carbocycles. The normalized spacial score (nSPS) is 11.9. The number of nitrogens with one attached hydrogen (secondary N) is 1. The molecule has 27 heavy (non-hydrogen) atoms. The number of carbonyl (C=O) groups excluding carboxylic acids is 1. The quantitative estimate of drug-likeness (QED) is 0.544. The second kappa shape index (κ2) is 6.19. The predicted molar refractivity (Wildman–Crippen MR) is 102 cm³/mol. The topological polar surface area (TPSA) is 103 Å². The number of fused-ring (bicyclic) bond motifs is 2. The molecule has 11 heteroatoms. The minimum atomic E-state index is -4.13. The van der Waals surface area contributed by atoms with Crippen molar-refractivity contribution in [2.75, 3.05) is 0 Å². The number of aryl methyl sites for hydroxylation is 1. The number of imidazole rings is 1. The van der Waals surface area contributed by atoms with E-state index in [9.17, 15) is 18.0 Å². The molecule has 3 aromatic heterocycles. The first-order valence-corrected chi connectivity index (χ1v) is 10.2. The third kappa shape index (κ3) is 3.11. The van der Waals surface area contributed by atoms with Crippen LogP contribution in [-0.4, -0.2) is 28.3 Å². The first kappa shape index (κ1) is 17.7. The second-order valence-corrected chi connectivity index (χ2v) is 8.84. The highest BCUT2D eigenvalue weighted by molar-refractivity contribution is 7.90. The Bertz CT molecular complexity index is 1380. The number of pyridine rings is 1. The lowest BCUT2D eigenvalue weighted by atomic mass is 10.3. The van der Waals surface area contributed by atoms with Gasteiger partial charge in [0.25, 0.3) is 15.9 Å². The minimum Gasteiger partial charge on any atom is -0.305 e. The average molecular weight is 423 g/mol. The van der Waals surface area contributed by atoms with Crippen LogP contribution < -0.4 is 9.60 Å². The van der Waals surface area contributed by atoms with Crippen molar-refractivity contribution in [3.05, 3.63) is 63.1 Å². The van der Waals surface area contributed by atoms with Crippen molar-refractivity contribution in [3.63, 3.8) is 0 Å². The Hall–Kier alpha value is -2.69. The highest BCUT2D eigenvalue weighted by Gasteiger charge is 2.21. The summed E-state index contributed by atoms with van der Waals surface area (Å²) in [4.78, 5) is 27.8. The number of aromatic nitrogens is 3. The van der Waals surface area contributed by atoms with Crippen molar-refractivity contribution in [1.82, 2.24) is 18.7 Å². The molecule has 3 heterocycles. The number of benzene rings is 1. The van der Waals surface area contributed by atoms with E-state index in [-0.39, 0.29) is 15.5 Å². The van der Waals surface area contributed by atoms with E-state index in [4.69, 9.17) is 11.6 Å². The highest BCUT2D eigenvalue weighted by atomic mass is 35.5. The molecule has 0 bridgehead atoms. The maximum Gasteiger partial charge on any atom is 0.307 e. The number of sulfonamides is 1. The van der Waals surface area contributed by atoms with Gasteiger partial charge in [0.05, 0.1) is 20.1 Å². The third-order valence-electron chi connectivity index (χ3n) is 3.95. The van der Waals surface area contributed by atoms with Crippen LogP contribution in [0.25, 0.3) is 15.9 Å². The van der Waals surface area contributed by atoms with Gasteiger partial charge < -0.3 is 8.97 Å². The molecule has 4 rings (SSSR count). The molecule has 0 aliphatic carbocycles. The molecule has 0 fully saturated rings. The summed E-state index contributed by atoms with van der Waals surface area (Å²) in [5.41, 5.74) is 1.01. The molecule has 0 radical (unpaired) electrons. The van der Waals surface area contributed by atoms with Crippen LogP contribution in [0.4, 0.5) is 0 Å². The number of nitrogens with zero attached hydrogens (tertiary/aromatic N) is 3. The molecular formula is C16H11ClN4O4S2. The van der Waals surface area contributed by atoms with Crippen molar-refractivity contribution in [2.24, 2.45) is 7.05 Å². The lowest BCUT2D eigenvalue weighted by Gasteiger charge is -2.05. The van der Waals surface area contributed by atoms with Crippen LogP contribution in [0.5, 0.6) is 0 Å². The lowest BCUT2D eigenvalue weighted by molar-refractivity contribution is 0.0977. The van der Waals surface area contributed by atoms with Crippen LogP contribution in [0.15, 0.2) is 52.4 Å². The molecule has 0 atom stereocenters. The summed E-state index contributed by atoms with van der Waals surface area (Å²) in [5.74, 6) is -0.865. The van der Waals surface area contributed by atoms with Crippen molar-refractivity contribution in [1.29, 1.82) is 0 Å². The lowest BCUT2D eigenvalue weighted by Crippen LogP contribution is -2.30. The van der Waals surface area contributed by atoms with E-state index >= 15 is 0 Å². The van der Waals surface area contributed by atoms with E-state index in [1.54, 1.807) is 25.4 Å². The first-order valence-electron chi connectivity index (χ1n) is 7.55. The van der Waals surface area contributed by atoms with Gasteiger partial charge in [-0.2, -0.15) is 0 Å². The van der Waals surface area contributed by atoms with Gasteiger partial charge in [-0.3, -0.25) is 9.59 Å². The van der Waals surface area contributed by atoms with Crippen LogP contribution in [0.2, 0.25) is 5.02 Å². The number of hydrogen-bond donors (Lipinski definition) is 1. The zero-order chi connectivity index (χ0) is 19.3. The van der Waals surface area contributed by atoms with E-state index in [0.29, 0.717) is 20.9 Å². The Morgan fingerprint density at radius 3 is 2.78 bits per heavy atom. The van der Waals surface area contributed by atoms with E-state index < -0.39 is 15.9 Å². The standard InChI is InChI=1S/C16H11ClN4O4S2/c1-20-12-4-3-10(6-13(12)26-16(20)23)27(24,25)19-15(22)11-8-21-7-9(17)2-5-14(21)18-11/h2-8H,1H3,(H,19,22). The Morgan fingerprint density at radius 1 is 1.22 bits per heavy atom. The van der Waals surface area contributed by atoms with Crippen molar-refractivity contribution in [2.45, 2.75) is 4.90 Å². The Morgan fingerprint density at radius 2 is 2.00 bits per heavy atom. The third-order valence-corrected chi connectivity index (χ3v) is 6.50. The van der Waals surface area contributed by atoms with Gasteiger partial charge in [0.1, 0.15) is 11.3 Å². The predicted octanol–water partition coefficient (Wildman–Crippen LogP) is 2.02. The van der Waals surface area contributed by atoms with E-state index in [2.05, 4.69) is 4.98 Å². The van der Waals surface area contributed by atoms with Gasteiger partial charge in [-0.05, 0) is 30.3 Å². The molecule has 0 unspecified atom stereocenters. The maximum absolute atomic E-state index is 12.6. The zero-order valence-electron chi connectivity index (χ0n) is 13.7. The summed E-state index contributed by atoms with van der Waals surface area (Å²) in [6.45, 7) is 0. The van der Waals surface area contributed by atoms with Crippen molar-refractivity contribution in [3.8, 4) is 0 Å². The molecule has 0 aliphatic rings. The molecule has 138 valence electrons. The van der Waals surface area contributed by atoms with Gasteiger partial charge in [-0.1, -0.05) is 22.9 Å². The maximum atomic E-state index is 12.6. The zero-order valence-corrected chi connectivity index (χ0v) is 16.1. The van der Waals surface area contributed by atoms with Gasteiger partial charge in [-0.15, -0.1) is 0 Å². The summed E-state index contributed by atoms with van der Waals surface area (Å²) in [6.07, 6.45) is 2.94. The van der Waals surface area contributed by atoms with Gasteiger partial charge in [-0.25, -0.2) is 18.1 Å². The van der Waals surface area contributed by atoms with E-state index in [1.807, 2.05) is 4.72 Å². The number of rotatable bonds is 3. The van der Waals surface area contributed by atoms with E-state index in [1.165, 1.54) is 33.4 Å². The smallest absolute Gasteiger partial charge is 0.305 e. The van der Waals surface area contributed by atoms with Crippen LogP contribution in [0.1, 0.15) is 10.5 Å². The van der Waals surface area contributed by atoms with Crippen molar-refractivity contribution < 1.29 is 13.2 Å². The Labute approximate surface area is 161 Å². The first-order chi connectivity index (χ1) is 12.7. The van der Waals surface area contributed by atoms with Gasteiger partial charge >= 0.3 is 4.87 Å². The molecular weight excluding hydrogens is 412 g/mol. The van der Waals surface area contributed by atoms with Gasteiger partial charge in [0.2, 0.25) is 0 Å². The molecule has 8 nitrogen and oxygen atoms in total. The number of amides is 1. The molecule has 0 saturated heterocycles. The highest BCUT2D eigenvalue weighted by Crippen LogP contribution is 2.21. The summed E-state index contributed by atoms with van der Waals surface area (Å²) in [6, 6.07) is 7.45. The van der Waals surface area contributed by atoms with Gasteiger partial charge in [0, 0.05) is 19.4 Å². The van der Waals surface area contributed by atoms with Crippen molar-refractivity contribution >= 4 is 54.7 Å². The average Bonchev–Trinajstić information content (AvgIpc) is 3.15. The monoisotopic (exact) mass is 422 g/mol. The number of carbonyl (C=O) groups is 1. The molecule has 4 aromatic rings.